The zero-order chi connectivity index (χ0) is 24.9. The Kier molecular flexibility index (Phi) is 7.30. The van der Waals surface area contributed by atoms with E-state index < -0.39 is 0 Å². The molecule has 0 unspecified atom stereocenters. The molecule has 1 fully saturated rings. The zero-order valence-electron chi connectivity index (χ0n) is 19.8. The Morgan fingerprint density at radius 2 is 1.67 bits per heavy atom. The number of carbonyl (C=O) groups excluding carboxylic acids is 1. The van der Waals surface area contributed by atoms with E-state index in [1.165, 1.54) is 17.3 Å². The molecule has 1 aliphatic rings. The summed E-state index contributed by atoms with van der Waals surface area (Å²) in [5.41, 5.74) is 4.71. The number of amides is 1. The van der Waals surface area contributed by atoms with Crippen LogP contribution in [-0.4, -0.2) is 38.1 Å². The normalized spacial score (nSPS) is 14.6. The third-order valence-corrected chi connectivity index (χ3v) is 7.21. The molecule has 7 heteroatoms. The van der Waals surface area contributed by atoms with Crippen LogP contribution < -0.4 is 4.74 Å². The lowest BCUT2D eigenvalue weighted by atomic mass is 10.1. The number of hydrogen-bond acceptors (Lipinski definition) is 5. The Hall–Kier alpha value is -3.68. The van der Waals surface area contributed by atoms with Crippen molar-refractivity contribution in [1.29, 1.82) is 0 Å². The smallest absolute Gasteiger partial charge is 0.266 e. The number of rotatable bonds is 8. The summed E-state index contributed by atoms with van der Waals surface area (Å²) in [4.78, 5) is 15.6. The number of para-hydroxylation sites is 1. The largest absolute Gasteiger partial charge is 0.494 e. The molecule has 5 nitrogen and oxygen atoms in total. The summed E-state index contributed by atoms with van der Waals surface area (Å²) in [6, 6.07) is 27.9. The number of carbonyl (C=O) groups is 1. The van der Waals surface area contributed by atoms with Gasteiger partial charge in [0.1, 0.15) is 10.1 Å². The Labute approximate surface area is 220 Å². The minimum atomic E-state index is -0.0639. The topological polar surface area (TPSA) is 47.4 Å². The quantitative estimate of drug-likeness (QED) is 0.203. The predicted molar refractivity (Wildman–Crippen MR) is 150 cm³/mol. The minimum Gasteiger partial charge on any atom is -0.494 e. The van der Waals surface area contributed by atoms with Crippen LogP contribution in [0.15, 0.2) is 96.0 Å². The van der Waals surface area contributed by atoms with Gasteiger partial charge in [-0.05, 0) is 61.4 Å². The number of thiocarbonyl (C=S) groups is 1. The van der Waals surface area contributed by atoms with E-state index in [4.69, 9.17) is 22.1 Å². The lowest BCUT2D eigenvalue weighted by molar-refractivity contribution is -0.122. The van der Waals surface area contributed by atoms with Crippen LogP contribution in [0.2, 0.25) is 0 Å². The number of hydrogen-bond donors (Lipinski definition) is 0. The van der Waals surface area contributed by atoms with Gasteiger partial charge in [0.25, 0.3) is 5.91 Å². The van der Waals surface area contributed by atoms with E-state index in [2.05, 4.69) is 12.1 Å². The summed E-state index contributed by atoms with van der Waals surface area (Å²) in [7, 11) is 0. The fourth-order valence-corrected chi connectivity index (χ4v) is 5.32. The van der Waals surface area contributed by atoms with Gasteiger partial charge in [0.15, 0.2) is 0 Å². The van der Waals surface area contributed by atoms with Crippen LogP contribution in [0.1, 0.15) is 18.1 Å². The van der Waals surface area contributed by atoms with E-state index in [0.29, 0.717) is 22.4 Å². The van der Waals surface area contributed by atoms with Crippen molar-refractivity contribution in [2.75, 3.05) is 13.2 Å². The maximum absolute atomic E-state index is 13.3. The predicted octanol–water partition coefficient (Wildman–Crippen LogP) is 6.38. The zero-order valence-corrected chi connectivity index (χ0v) is 21.5. The average molecular weight is 512 g/mol. The number of benzene rings is 3. The molecule has 0 radical (unpaired) electrons. The van der Waals surface area contributed by atoms with E-state index in [1.807, 2.05) is 96.7 Å². The Morgan fingerprint density at radius 1 is 0.972 bits per heavy atom. The fourth-order valence-electron chi connectivity index (χ4n) is 4.03. The number of thioether (sulfide) groups is 1. The van der Waals surface area contributed by atoms with Gasteiger partial charge in [0, 0.05) is 23.9 Å². The molecule has 180 valence electrons. The van der Waals surface area contributed by atoms with Crippen molar-refractivity contribution in [2.24, 2.45) is 0 Å². The molecule has 1 amide bonds. The molecule has 0 spiro atoms. The van der Waals surface area contributed by atoms with Crippen LogP contribution in [0.4, 0.5) is 0 Å². The number of nitrogens with zero attached hydrogens (tertiary/aromatic N) is 3. The van der Waals surface area contributed by atoms with Crippen molar-refractivity contribution in [3.63, 3.8) is 0 Å². The minimum absolute atomic E-state index is 0.0639. The Balaban J connectivity index is 1.46. The van der Waals surface area contributed by atoms with Gasteiger partial charge in [-0.2, -0.15) is 5.10 Å². The SMILES string of the molecule is CCOc1ccc(-c2nn(-c3ccccc3)cc2/C=C2/SC(=S)N(CCc3ccccc3)C2=O)cc1. The Morgan fingerprint density at radius 3 is 2.36 bits per heavy atom. The molecule has 0 N–H and O–H groups in total. The van der Waals surface area contributed by atoms with Crippen LogP contribution in [-0.2, 0) is 11.2 Å². The van der Waals surface area contributed by atoms with Crippen molar-refractivity contribution in [3.8, 4) is 22.7 Å². The van der Waals surface area contributed by atoms with Gasteiger partial charge in [-0.25, -0.2) is 4.68 Å². The molecule has 0 saturated carbocycles. The van der Waals surface area contributed by atoms with E-state index >= 15 is 0 Å². The second-order valence-corrected chi connectivity index (χ2v) is 9.92. The monoisotopic (exact) mass is 511 g/mol. The molecule has 3 aromatic carbocycles. The van der Waals surface area contributed by atoms with Gasteiger partial charge in [-0.15, -0.1) is 0 Å². The molecule has 1 aromatic heterocycles. The Bertz CT molecular complexity index is 1400. The first kappa shape index (κ1) is 24.0. The summed E-state index contributed by atoms with van der Waals surface area (Å²) in [5.74, 6) is 0.746. The van der Waals surface area contributed by atoms with Crippen LogP contribution in [0.3, 0.4) is 0 Å². The summed E-state index contributed by atoms with van der Waals surface area (Å²) in [5, 5.41) is 4.87. The lowest BCUT2D eigenvalue weighted by Crippen LogP contribution is -2.30. The molecule has 1 saturated heterocycles. The van der Waals surface area contributed by atoms with Gasteiger partial charge >= 0.3 is 0 Å². The van der Waals surface area contributed by atoms with Gasteiger partial charge < -0.3 is 4.74 Å². The molecule has 1 aliphatic heterocycles. The molecule has 0 aliphatic carbocycles. The van der Waals surface area contributed by atoms with Gasteiger partial charge in [0.05, 0.1) is 22.9 Å². The van der Waals surface area contributed by atoms with E-state index in [1.54, 1.807) is 4.90 Å². The highest BCUT2D eigenvalue weighted by Gasteiger charge is 2.32. The maximum atomic E-state index is 13.3. The van der Waals surface area contributed by atoms with Crippen LogP contribution in [0.5, 0.6) is 5.75 Å². The highest BCUT2D eigenvalue weighted by molar-refractivity contribution is 8.26. The lowest BCUT2D eigenvalue weighted by Gasteiger charge is -2.14. The van der Waals surface area contributed by atoms with Crippen molar-refractivity contribution in [3.05, 3.63) is 107 Å². The maximum Gasteiger partial charge on any atom is 0.266 e. The van der Waals surface area contributed by atoms with Crippen LogP contribution >= 0.6 is 24.0 Å². The molecule has 5 rings (SSSR count). The molecule has 2 heterocycles. The van der Waals surface area contributed by atoms with E-state index in [9.17, 15) is 4.79 Å². The fraction of sp³-hybridized carbons (Fsp3) is 0.138. The molecule has 0 atom stereocenters. The summed E-state index contributed by atoms with van der Waals surface area (Å²) in [6.07, 6.45) is 4.61. The highest BCUT2D eigenvalue weighted by Crippen LogP contribution is 2.35. The van der Waals surface area contributed by atoms with Crippen molar-refractivity contribution in [2.45, 2.75) is 13.3 Å². The molecule has 36 heavy (non-hydrogen) atoms. The first-order chi connectivity index (χ1) is 17.6. The van der Waals surface area contributed by atoms with Crippen molar-refractivity contribution >= 4 is 40.3 Å². The number of aromatic nitrogens is 2. The molecule has 4 aromatic rings. The second kappa shape index (κ2) is 10.9. The standard InChI is InChI=1S/C29H25N3O2S2/c1-2-34-25-15-13-22(14-16-25)27-23(20-32(30-27)24-11-7-4-8-12-24)19-26-28(33)31(29(35)36-26)18-17-21-9-5-3-6-10-21/h3-16,19-20H,2,17-18H2,1H3/b26-19+. The third kappa shape index (κ3) is 5.27. The average Bonchev–Trinajstić information content (AvgIpc) is 3.45. The summed E-state index contributed by atoms with van der Waals surface area (Å²) in [6.45, 7) is 3.13. The van der Waals surface area contributed by atoms with E-state index in [-0.39, 0.29) is 5.91 Å². The van der Waals surface area contributed by atoms with Crippen molar-refractivity contribution < 1.29 is 9.53 Å². The van der Waals surface area contributed by atoms with Gasteiger partial charge in [-0.3, -0.25) is 9.69 Å². The summed E-state index contributed by atoms with van der Waals surface area (Å²) < 4.78 is 8.02. The van der Waals surface area contributed by atoms with Gasteiger partial charge in [-0.1, -0.05) is 72.5 Å². The third-order valence-electron chi connectivity index (χ3n) is 5.83. The van der Waals surface area contributed by atoms with Crippen LogP contribution in [0, 0.1) is 0 Å². The molecule has 0 bridgehead atoms. The van der Waals surface area contributed by atoms with Gasteiger partial charge in [0.2, 0.25) is 0 Å². The highest BCUT2D eigenvalue weighted by atomic mass is 32.2. The molecular formula is C29H25N3O2S2. The number of ether oxygens (including phenoxy) is 1. The molecular weight excluding hydrogens is 486 g/mol. The van der Waals surface area contributed by atoms with Crippen molar-refractivity contribution in [1.82, 2.24) is 14.7 Å². The van der Waals surface area contributed by atoms with Crippen LogP contribution in [0.25, 0.3) is 23.0 Å². The summed E-state index contributed by atoms with van der Waals surface area (Å²) >= 11 is 6.91. The second-order valence-electron chi connectivity index (χ2n) is 8.24. The first-order valence-electron chi connectivity index (χ1n) is 11.8. The first-order valence-corrected chi connectivity index (χ1v) is 13.0. The van der Waals surface area contributed by atoms with E-state index in [0.717, 1.165) is 34.7 Å².